The van der Waals surface area contributed by atoms with Gasteiger partial charge in [-0.1, -0.05) is 37.8 Å². The van der Waals surface area contributed by atoms with E-state index in [0.717, 1.165) is 6.54 Å². The zero-order valence-electron chi connectivity index (χ0n) is 13.5. The highest BCUT2D eigenvalue weighted by atomic mass is 32.2. The van der Waals surface area contributed by atoms with Crippen molar-refractivity contribution in [3.05, 3.63) is 52.2 Å². The van der Waals surface area contributed by atoms with Crippen LogP contribution in [-0.4, -0.2) is 17.3 Å². The van der Waals surface area contributed by atoms with Crippen LogP contribution in [0.3, 0.4) is 0 Å². The number of dihydropyridines is 1. The maximum atomic E-state index is 3.47. The van der Waals surface area contributed by atoms with Crippen molar-refractivity contribution in [2.75, 3.05) is 12.3 Å². The van der Waals surface area contributed by atoms with Gasteiger partial charge in [0.2, 0.25) is 0 Å². The molecule has 0 aromatic carbocycles. The Balaban J connectivity index is 1.72. The van der Waals surface area contributed by atoms with Crippen LogP contribution in [0.4, 0.5) is 0 Å². The Morgan fingerprint density at radius 2 is 2.18 bits per heavy atom. The average Bonchev–Trinajstić information content (AvgIpc) is 3.23. The van der Waals surface area contributed by atoms with Gasteiger partial charge in [0.15, 0.2) is 0 Å². The van der Waals surface area contributed by atoms with Gasteiger partial charge in [-0.15, -0.1) is 11.8 Å². The molecule has 118 valence electrons. The second-order valence-electron chi connectivity index (χ2n) is 6.02. The molecule has 0 saturated heterocycles. The van der Waals surface area contributed by atoms with Gasteiger partial charge >= 0.3 is 0 Å². The molecule has 2 N–H and O–H groups in total. The van der Waals surface area contributed by atoms with Gasteiger partial charge in [0, 0.05) is 23.4 Å². The number of rotatable bonds is 7. The summed E-state index contributed by atoms with van der Waals surface area (Å²) < 4.78 is 0. The first-order valence-electron chi connectivity index (χ1n) is 8.53. The normalized spacial score (nSPS) is 18.2. The van der Waals surface area contributed by atoms with E-state index in [4.69, 9.17) is 0 Å². The van der Waals surface area contributed by atoms with Gasteiger partial charge in [-0.2, -0.15) is 0 Å². The molecular formula is C19H26N2S. The summed E-state index contributed by atoms with van der Waals surface area (Å²) in [6.45, 7) is 3.20. The van der Waals surface area contributed by atoms with E-state index in [1.165, 1.54) is 61.2 Å². The molecule has 0 atom stereocenters. The van der Waals surface area contributed by atoms with Gasteiger partial charge in [-0.3, -0.25) is 0 Å². The number of H-pyrrole nitrogens is 1. The van der Waals surface area contributed by atoms with Gasteiger partial charge in [0.1, 0.15) is 0 Å². The van der Waals surface area contributed by atoms with Crippen LogP contribution >= 0.6 is 11.8 Å². The maximum absolute atomic E-state index is 3.47. The number of hydrogen-bond acceptors (Lipinski definition) is 2. The lowest BCUT2D eigenvalue weighted by atomic mass is 10.00. The first kappa shape index (κ1) is 15.5. The second-order valence-corrected chi connectivity index (χ2v) is 7.13. The summed E-state index contributed by atoms with van der Waals surface area (Å²) in [5.74, 6) is 1.26. The van der Waals surface area contributed by atoms with E-state index in [-0.39, 0.29) is 0 Å². The molecule has 2 aliphatic rings. The Bertz CT molecular complexity index is 579. The molecule has 0 spiro atoms. The molecule has 0 aliphatic carbocycles. The van der Waals surface area contributed by atoms with Crippen LogP contribution in [0.2, 0.25) is 0 Å². The Kier molecular flexibility index (Phi) is 5.49. The van der Waals surface area contributed by atoms with Gasteiger partial charge < -0.3 is 10.3 Å². The van der Waals surface area contributed by atoms with E-state index in [1.807, 2.05) is 18.0 Å². The Hall–Kier alpha value is -1.35. The molecule has 0 fully saturated rings. The van der Waals surface area contributed by atoms with E-state index in [2.05, 4.69) is 41.5 Å². The molecule has 3 heterocycles. The largest absolute Gasteiger partial charge is 0.380 e. The number of aromatic amines is 1. The number of hydrogen-bond donors (Lipinski definition) is 2. The Morgan fingerprint density at radius 1 is 1.23 bits per heavy atom. The monoisotopic (exact) mass is 314 g/mol. The van der Waals surface area contributed by atoms with E-state index >= 15 is 0 Å². The van der Waals surface area contributed by atoms with Crippen LogP contribution < -0.4 is 5.32 Å². The molecule has 3 rings (SSSR count). The van der Waals surface area contributed by atoms with Gasteiger partial charge in [0.05, 0.1) is 11.4 Å². The average molecular weight is 314 g/mol. The lowest BCUT2D eigenvalue weighted by Gasteiger charge is -2.17. The predicted molar refractivity (Wildman–Crippen MR) is 97.7 cm³/mol. The van der Waals surface area contributed by atoms with Crippen molar-refractivity contribution in [1.29, 1.82) is 0 Å². The summed E-state index contributed by atoms with van der Waals surface area (Å²) in [7, 11) is 0. The molecule has 1 aromatic rings. The second kappa shape index (κ2) is 7.77. The van der Waals surface area contributed by atoms with E-state index < -0.39 is 0 Å². The van der Waals surface area contributed by atoms with Gasteiger partial charge in [-0.25, -0.2) is 0 Å². The van der Waals surface area contributed by atoms with Crippen LogP contribution in [0.5, 0.6) is 0 Å². The predicted octanol–water partition coefficient (Wildman–Crippen LogP) is 5.25. The number of unbranched alkanes of at least 4 members (excludes halogenated alkanes) is 3. The molecule has 0 bridgehead atoms. The highest BCUT2D eigenvalue weighted by molar-refractivity contribution is 8.03. The van der Waals surface area contributed by atoms with Crippen LogP contribution in [0.1, 0.15) is 51.1 Å². The molecular weight excluding hydrogens is 288 g/mol. The summed E-state index contributed by atoms with van der Waals surface area (Å²) in [6.07, 6.45) is 14.6. The highest BCUT2D eigenvalue weighted by Gasteiger charge is 2.19. The van der Waals surface area contributed by atoms with Crippen molar-refractivity contribution < 1.29 is 0 Å². The summed E-state index contributed by atoms with van der Waals surface area (Å²) in [5.41, 5.74) is 5.51. The maximum Gasteiger partial charge on any atom is 0.0616 e. The summed E-state index contributed by atoms with van der Waals surface area (Å²) in [5, 5.41) is 3.47. The fourth-order valence-corrected chi connectivity index (χ4v) is 4.42. The first-order chi connectivity index (χ1) is 10.9. The van der Waals surface area contributed by atoms with Crippen molar-refractivity contribution in [1.82, 2.24) is 10.3 Å². The van der Waals surface area contributed by atoms with Crippen molar-refractivity contribution in [3.63, 3.8) is 0 Å². The first-order valence-corrected chi connectivity index (χ1v) is 9.51. The van der Waals surface area contributed by atoms with Crippen LogP contribution in [0, 0.1) is 0 Å². The van der Waals surface area contributed by atoms with Crippen LogP contribution in [0.15, 0.2) is 46.5 Å². The number of nitrogens with one attached hydrogen (secondary N) is 2. The van der Waals surface area contributed by atoms with Crippen LogP contribution in [-0.2, 0) is 0 Å². The van der Waals surface area contributed by atoms with Gasteiger partial charge in [-0.05, 0) is 43.0 Å². The third kappa shape index (κ3) is 3.70. The van der Waals surface area contributed by atoms with Crippen molar-refractivity contribution >= 4 is 17.5 Å². The number of thioether (sulfide) groups is 1. The van der Waals surface area contributed by atoms with Crippen molar-refractivity contribution in [3.8, 4) is 0 Å². The summed E-state index contributed by atoms with van der Waals surface area (Å²) in [6, 6.07) is 4.18. The number of aromatic nitrogens is 1. The zero-order valence-corrected chi connectivity index (χ0v) is 14.3. The lowest BCUT2D eigenvalue weighted by molar-refractivity contribution is 0.659. The third-order valence-corrected chi connectivity index (χ3v) is 5.59. The molecule has 0 saturated carbocycles. The van der Waals surface area contributed by atoms with Crippen molar-refractivity contribution in [2.45, 2.75) is 45.4 Å². The molecule has 0 unspecified atom stereocenters. The topological polar surface area (TPSA) is 27.8 Å². The molecule has 0 radical (unpaired) electrons. The van der Waals surface area contributed by atoms with E-state index in [9.17, 15) is 0 Å². The Labute approximate surface area is 138 Å². The smallest absolute Gasteiger partial charge is 0.0616 e. The van der Waals surface area contributed by atoms with Crippen LogP contribution in [0.25, 0.3) is 5.70 Å². The standard InChI is InChI=1S/C19H26N2S/c1-2-3-4-5-7-15-10-13-22-19(15)16-9-12-21-18(14-16)17-8-6-11-20-17/h6,8-9,11,14,20-21H,2-5,7,10,12-13H2,1H3. The molecule has 3 heteroatoms. The minimum atomic E-state index is 0.924. The minimum absolute atomic E-state index is 0.924. The minimum Gasteiger partial charge on any atom is -0.380 e. The van der Waals surface area contributed by atoms with E-state index in [1.54, 1.807) is 10.5 Å². The quantitative estimate of drug-likeness (QED) is 0.673. The fraction of sp³-hybridized carbons (Fsp3) is 0.474. The lowest BCUT2D eigenvalue weighted by Crippen LogP contribution is -2.16. The molecule has 2 aliphatic heterocycles. The molecule has 1 aromatic heterocycles. The summed E-state index contributed by atoms with van der Waals surface area (Å²) >= 11 is 2.05. The molecule has 0 amide bonds. The molecule has 22 heavy (non-hydrogen) atoms. The SMILES string of the molecule is CCCCCCC1=C(C2=CCNC(c3ccc[nH]3)=C2)SCC1. The van der Waals surface area contributed by atoms with Gasteiger partial charge in [0.25, 0.3) is 0 Å². The Morgan fingerprint density at radius 3 is 3.00 bits per heavy atom. The molecule has 2 nitrogen and oxygen atoms in total. The third-order valence-electron chi connectivity index (χ3n) is 4.37. The summed E-state index contributed by atoms with van der Waals surface area (Å²) in [4.78, 5) is 4.85. The highest BCUT2D eigenvalue weighted by Crippen LogP contribution is 2.40. The number of allylic oxidation sites excluding steroid dienone is 3. The van der Waals surface area contributed by atoms with E-state index in [0.29, 0.717) is 0 Å². The zero-order chi connectivity index (χ0) is 15.2. The fourth-order valence-electron chi connectivity index (χ4n) is 3.15. The van der Waals surface area contributed by atoms with Crippen molar-refractivity contribution in [2.24, 2.45) is 0 Å².